The van der Waals surface area contributed by atoms with Gasteiger partial charge in [-0.05, 0) is 23.8 Å². The van der Waals surface area contributed by atoms with Crippen molar-refractivity contribution in [1.82, 2.24) is 0 Å². The molecule has 1 aromatic rings. The molecule has 0 atom stereocenters. The first-order valence-corrected chi connectivity index (χ1v) is 4.38. The van der Waals surface area contributed by atoms with Gasteiger partial charge in [-0.2, -0.15) is 0 Å². The number of guanidine groups is 1. The molecule has 0 unspecified atom stereocenters. The molecule has 1 aromatic carbocycles. The monoisotopic (exact) mass is 281 g/mol. The molecule has 0 aliphatic heterocycles. The van der Waals surface area contributed by atoms with E-state index in [9.17, 15) is 4.39 Å². The molecule has 3 nitrogen and oxygen atoms in total. The van der Waals surface area contributed by atoms with Crippen LogP contribution in [0.15, 0.2) is 27.7 Å². The Morgan fingerprint density at radius 1 is 1.43 bits per heavy atom. The number of halogens is 3. The summed E-state index contributed by atoms with van der Waals surface area (Å²) in [4.78, 5) is 3.77. The molecule has 14 heavy (non-hydrogen) atoms. The number of rotatable bonds is 2. The lowest BCUT2D eigenvalue weighted by atomic mass is 10.2. The van der Waals surface area contributed by atoms with Crippen LogP contribution in [0.1, 0.15) is 5.56 Å². The van der Waals surface area contributed by atoms with Gasteiger partial charge in [-0.15, -0.1) is 12.4 Å². The zero-order valence-corrected chi connectivity index (χ0v) is 9.61. The summed E-state index contributed by atoms with van der Waals surface area (Å²) in [6, 6.07) is 4.37. The van der Waals surface area contributed by atoms with E-state index >= 15 is 0 Å². The van der Waals surface area contributed by atoms with E-state index in [-0.39, 0.29) is 30.7 Å². The Morgan fingerprint density at radius 3 is 2.64 bits per heavy atom. The van der Waals surface area contributed by atoms with Crippen LogP contribution < -0.4 is 11.5 Å². The van der Waals surface area contributed by atoms with E-state index < -0.39 is 0 Å². The SMILES string of the molecule is Cl.NC(N)=NCc1cc(F)ccc1Br. The van der Waals surface area contributed by atoms with Gasteiger partial charge in [-0.25, -0.2) is 9.38 Å². The van der Waals surface area contributed by atoms with E-state index in [1.54, 1.807) is 6.07 Å². The first-order chi connectivity index (χ1) is 6.09. The van der Waals surface area contributed by atoms with Crippen molar-refractivity contribution in [2.75, 3.05) is 0 Å². The van der Waals surface area contributed by atoms with Gasteiger partial charge >= 0.3 is 0 Å². The number of hydrogen-bond donors (Lipinski definition) is 2. The molecule has 0 radical (unpaired) electrons. The largest absolute Gasteiger partial charge is 0.370 e. The van der Waals surface area contributed by atoms with E-state index in [1.165, 1.54) is 12.1 Å². The summed E-state index contributed by atoms with van der Waals surface area (Å²) in [5.41, 5.74) is 11.0. The normalized spacial score (nSPS) is 9.00. The predicted molar refractivity (Wildman–Crippen MR) is 60.9 cm³/mol. The molecule has 0 aromatic heterocycles. The van der Waals surface area contributed by atoms with Gasteiger partial charge in [-0.3, -0.25) is 0 Å². The third kappa shape index (κ3) is 3.93. The highest BCUT2D eigenvalue weighted by molar-refractivity contribution is 9.10. The van der Waals surface area contributed by atoms with Crippen LogP contribution in [0.2, 0.25) is 0 Å². The summed E-state index contributed by atoms with van der Waals surface area (Å²) < 4.78 is 13.5. The molecule has 0 aliphatic carbocycles. The van der Waals surface area contributed by atoms with Crippen LogP contribution in [0.25, 0.3) is 0 Å². The summed E-state index contributed by atoms with van der Waals surface area (Å²) in [5.74, 6) is -0.305. The standard InChI is InChI=1S/C8H9BrFN3.ClH/c9-7-2-1-6(10)3-5(7)4-13-8(11)12;/h1-3H,4H2,(H4,11,12,13);1H. The topological polar surface area (TPSA) is 64.4 Å². The molecule has 0 heterocycles. The molecule has 4 N–H and O–H groups in total. The van der Waals surface area contributed by atoms with Gasteiger partial charge in [-0.1, -0.05) is 15.9 Å². The lowest BCUT2D eigenvalue weighted by Crippen LogP contribution is -2.22. The van der Waals surface area contributed by atoms with Crippen molar-refractivity contribution in [2.45, 2.75) is 6.54 Å². The Balaban J connectivity index is 0.00000169. The van der Waals surface area contributed by atoms with E-state index in [0.29, 0.717) is 5.56 Å². The van der Waals surface area contributed by atoms with Crippen LogP contribution in [0, 0.1) is 5.82 Å². The molecule has 0 saturated carbocycles. The molecule has 0 fully saturated rings. The van der Waals surface area contributed by atoms with Gasteiger partial charge in [0.05, 0.1) is 6.54 Å². The molecule has 1 rings (SSSR count). The van der Waals surface area contributed by atoms with Crippen LogP contribution in [-0.2, 0) is 6.54 Å². The maximum absolute atomic E-state index is 12.7. The smallest absolute Gasteiger partial charge is 0.186 e. The Labute approximate surface area is 95.9 Å². The van der Waals surface area contributed by atoms with E-state index in [0.717, 1.165) is 4.47 Å². The van der Waals surface area contributed by atoms with Gasteiger partial charge in [0.2, 0.25) is 0 Å². The lowest BCUT2D eigenvalue weighted by molar-refractivity contribution is 0.625. The Kier molecular flexibility index (Phi) is 5.49. The second kappa shape index (κ2) is 5.82. The van der Waals surface area contributed by atoms with Crippen molar-refractivity contribution in [2.24, 2.45) is 16.5 Å². The maximum Gasteiger partial charge on any atom is 0.186 e. The van der Waals surface area contributed by atoms with Gasteiger partial charge in [0.25, 0.3) is 0 Å². The molecule has 0 bridgehead atoms. The molecule has 0 saturated heterocycles. The van der Waals surface area contributed by atoms with Crippen LogP contribution in [0.5, 0.6) is 0 Å². The quantitative estimate of drug-likeness (QED) is 0.641. The molecule has 0 spiro atoms. The second-order valence-corrected chi connectivity index (χ2v) is 3.33. The van der Waals surface area contributed by atoms with Crippen molar-refractivity contribution in [1.29, 1.82) is 0 Å². The highest BCUT2D eigenvalue weighted by Crippen LogP contribution is 2.18. The molecule has 6 heteroatoms. The molecule has 78 valence electrons. The molecular formula is C8H10BrClFN3. The Bertz CT molecular complexity index is 339. The van der Waals surface area contributed by atoms with E-state index in [2.05, 4.69) is 20.9 Å². The fourth-order valence-corrected chi connectivity index (χ4v) is 1.21. The third-order valence-electron chi connectivity index (χ3n) is 1.44. The van der Waals surface area contributed by atoms with E-state index in [1.807, 2.05) is 0 Å². The van der Waals surface area contributed by atoms with Gasteiger partial charge in [0, 0.05) is 4.47 Å². The second-order valence-electron chi connectivity index (χ2n) is 2.48. The summed E-state index contributed by atoms with van der Waals surface area (Å²) >= 11 is 3.26. The average Bonchev–Trinajstić information content (AvgIpc) is 2.06. The van der Waals surface area contributed by atoms with Gasteiger partial charge in [0.15, 0.2) is 5.96 Å². The predicted octanol–water partition coefficient (Wildman–Crippen LogP) is 1.78. The van der Waals surface area contributed by atoms with Crippen molar-refractivity contribution in [3.05, 3.63) is 34.1 Å². The fourth-order valence-electron chi connectivity index (χ4n) is 0.841. The number of hydrogen-bond acceptors (Lipinski definition) is 1. The van der Waals surface area contributed by atoms with Crippen molar-refractivity contribution in [3.63, 3.8) is 0 Å². The summed E-state index contributed by atoms with van der Waals surface area (Å²) in [6.45, 7) is 0.278. The zero-order valence-electron chi connectivity index (χ0n) is 7.21. The minimum absolute atomic E-state index is 0. The summed E-state index contributed by atoms with van der Waals surface area (Å²) in [7, 11) is 0. The lowest BCUT2D eigenvalue weighted by Gasteiger charge is -2.00. The molecule has 0 amide bonds. The van der Waals surface area contributed by atoms with Gasteiger partial charge in [0.1, 0.15) is 5.82 Å². The van der Waals surface area contributed by atoms with Crippen LogP contribution in [-0.4, -0.2) is 5.96 Å². The van der Waals surface area contributed by atoms with Crippen LogP contribution >= 0.6 is 28.3 Å². The third-order valence-corrected chi connectivity index (χ3v) is 2.21. The summed E-state index contributed by atoms with van der Waals surface area (Å²) in [6.07, 6.45) is 0. The number of nitrogens with two attached hydrogens (primary N) is 2. The van der Waals surface area contributed by atoms with Crippen LogP contribution in [0.4, 0.5) is 4.39 Å². The minimum atomic E-state index is -0.302. The summed E-state index contributed by atoms with van der Waals surface area (Å²) in [5, 5.41) is 0. The van der Waals surface area contributed by atoms with Crippen molar-refractivity contribution in [3.8, 4) is 0 Å². The molecular weight excluding hydrogens is 272 g/mol. The Morgan fingerprint density at radius 2 is 2.07 bits per heavy atom. The van der Waals surface area contributed by atoms with Gasteiger partial charge < -0.3 is 11.5 Å². The van der Waals surface area contributed by atoms with Crippen molar-refractivity contribution < 1.29 is 4.39 Å². The van der Waals surface area contributed by atoms with Crippen LogP contribution in [0.3, 0.4) is 0 Å². The number of aliphatic imine (C=N–C) groups is 1. The zero-order chi connectivity index (χ0) is 9.84. The minimum Gasteiger partial charge on any atom is -0.370 e. The highest BCUT2D eigenvalue weighted by Gasteiger charge is 2.00. The number of benzene rings is 1. The average molecular weight is 283 g/mol. The van der Waals surface area contributed by atoms with E-state index in [4.69, 9.17) is 11.5 Å². The maximum atomic E-state index is 12.7. The first-order valence-electron chi connectivity index (χ1n) is 3.59. The van der Waals surface area contributed by atoms with Crippen molar-refractivity contribution >= 4 is 34.3 Å². The highest BCUT2D eigenvalue weighted by atomic mass is 79.9. The first kappa shape index (κ1) is 13.2. The fraction of sp³-hybridized carbons (Fsp3) is 0.125. The Hall–Kier alpha value is -0.810. The molecule has 0 aliphatic rings. The number of nitrogens with zero attached hydrogens (tertiary/aromatic N) is 1.